The minimum Gasteiger partial charge on any atom is -0.465 e. The number of fused-ring (bicyclic) bond motifs is 1. The number of esters is 1. The third-order valence-corrected chi connectivity index (χ3v) is 5.58. The summed E-state index contributed by atoms with van der Waals surface area (Å²) in [5.74, 6) is -0.300. The number of thiophene rings is 1. The molecule has 0 fully saturated rings. The number of benzene rings is 1. The van der Waals surface area contributed by atoms with E-state index in [4.69, 9.17) is 17.0 Å². The Hall–Kier alpha value is -1.92. The van der Waals surface area contributed by atoms with Crippen LogP contribution in [0.5, 0.6) is 0 Å². The Labute approximate surface area is 151 Å². The summed E-state index contributed by atoms with van der Waals surface area (Å²) in [7, 11) is 1.41. The van der Waals surface area contributed by atoms with Crippen LogP contribution < -0.4 is 10.6 Å². The fourth-order valence-corrected chi connectivity index (χ4v) is 4.58. The first-order chi connectivity index (χ1) is 11.5. The van der Waals surface area contributed by atoms with E-state index in [1.807, 2.05) is 19.1 Å². The second-order valence-electron chi connectivity index (χ2n) is 5.95. The molecule has 1 heterocycles. The highest BCUT2D eigenvalue weighted by molar-refractivity contribution is 7.80. The van der Waals surface area contributed by atoms with Crippen LogP contribution in [0.2, 0.25) is 0 Å². The van der Waals surface area contributed by atoms with Crippen molar-refractivity contribution < 1.29 is 9.53 Å². The maximum absolute atomic E-state index is 12.2. The summed E-state index contributed by atoms with van der Waals surface area (Å²) in [4.78, 5) is 13.4. The zero-order valence-electron chi connectivity index (χ0n) is 14.0. The minimum absolute atomic E-state index is 0.300. The third kappa shape index (κ3) is 3.30. The molecule has 1 aromatic carbocycles. The monoisotopic (exact) mass is 360 g/mol. The average Bonchev–Trinajstić information content (AvgIpc) is 3.10. The molecule has 2 aromatic rings. The predicted molar refractivity (Wildman–Crippen MR) is 103 cm³/mol. The first-order valence-electron chi connectivity index (χ1n) is 7.87. The van der Waals surface area contributed by atoms with Crippen LogP contribution >= 0.6 is 23.6 Å². The lowest BCUT2D eigenvalue weighted by Gasteiger charge is -2.13. The van der Waals surface area contributed by atoms with E-state index in [1.165, 1.54) is 17.6 Å². The predicted octanol–water partition coefficient (Wildman–Crippen LogP) is 4.45. The lowest BCUT2D eigenvalue weighted by molar-refractivity contribution is 0.0601. The van der Waals surface area contributed by atoms with Crippen LogP contribution in [0.1, 0.15) is 38.3 Å². The normalized spacial score (nSPS) is 12.6. The van der Waals surface area contributed by atoms with E-state index in [0.717, 1.165) is 41.1 Å². The van der Waals surface area contributed by atoms with Crippen LogP contribution in [-0.2, 0) is 17.6 Å². The molecule has 6 heteroatoms. The number of carbonyl (C=O) groups excluding carboxylic acids is 1. The van der Waals surface area contributed by atoms with Gasteiger partial charge in [-0.3, -0.25) is 0 Å². The number of carbonyl (C=O) groups is 1. The van der Waals surface area contributed by atoms with Gasteiger partial charge in [-0.05, 0) is 62.5 Å². The zero-order chi connectivity index (χ0) is 17.3. The highest BCUT2D eigenvalue weighted by atomic mass is 32.1. The number of hydrogen-bond donors (Lipinski definition) is 2. The number of hydrogen-bond acceptors (Lipinski definition) is 4. The summed E-state index contributed by atoms with van der Waals surface area (Å²) < 4.78 is 4.96. The summed E-state index contributed by atoms with van der Waals surface area (Å²) >= 11 is 7.03. The summed E-state index contributed by atoms with van der Waals surface area (Å²) in [6.45, 7) is 4.10. The van der Waals surface area contributed by atoms with E-state index in [9.17, 15) is 4.79 Å². The Bertz CT molecular complexity index is 812. The maximum Gasteiger partial charge on any atom is 0.341 e. The van der Waals surface area contributed by atoms with Gasteiger partial charge in [0.25, 0.3) is 0 Å². The molecular formula is C18H20N2O2S2. The number of aryl methyl sites for hydroxylation is 3. The van der Waals surface area contributed by atoms with E-state index in [2.05, 4.69) is 23.6 Å². The molecule has 1 aromatic heterocycles. The molecule has 0 aliphatic heterocycles. The molecular weight excluding hydrogens is 340 g/mol. The van der Waals surface area contributed by atoms with E-state index >= 15 is 0 Å². The first-order valence-corrected chi connectivity index (χ1v) is 9.10. The molecule has 24 heavy (non-hydrogen) atoms. The molecule has 0 radical (unpaired) electrons. The molecule has 0 amide bonds. The van der Waals surface area contributed by atoms with Crippen molar-refractivity contribution in [3.63, 3.8) is 0 Å². The van der Waals surface area contributed by atoms with E-state index < -0.39 is 0 Å². The molecule has 1 aliphatic rings. The van der Waals surface area contributed by atoms with Crippen LogP contribution in [0.4, 0.5) is 10.7 Å². The smallest absolute Gasteiger partial charge is 0.341 e. The van der Waals surface area contributed by atoms with Gasteiger partial charge in [-0.25, -0.2) is 4.79 Å². The number of methoxy groups -OCH3 is 1. The Balaban J connectivity index is 1.81. The first kappa shape index (κ1) is 16.9. The van der Waals surface area contributed by atoms with E-state index in [-0.39, 0.29) is 5.97 Å². The third-order valence-electron chi connectivity index (χ3n) is 4.17. The molecule has 0 unspecified atom stereocenters. The van der Waals surface area contributed by atoms with Gasteiger partial charge in [0.1, 0.15) is 5.00 Å². The van der Waals surface area contributed by atoms with Gasteiger partial charge in [0.15, 0.2) is 5.11 Å². The molecule has 126 valence electrons. The fraction of sp³-hybridized carbons (Fsp3) is 0.333. The molecule has 3 rings (SSSR count). The fourth-order valence-electron chi connectivity index (χ4n) is 3.02. The molecule has 0 spiro atoms. The minimum atomic E-state index is -0.300. The average molecular weight is 361 g/mol. The molecule has 0 atom stereocenters. The van der Waals surface area contributed by atoms with Crippen LogP contribution in [0, 0.1) is 13.8 Å². The molecule has 1 aliphatic carbocycles. The topological polar surface area (TPSA) is 50.4 Å². The van der Waals surface area contributed by atoms with Crippen molar-refractivity contribution in [1.82, 2.24) is 0 Å². The largest absolute Gasteiger partial charge is 0.465 e. The Morgan fingerprint density at radius 1 is 1.25 bits per heavy atom. The van der Waals surface area contributed by atoms with Crippen molar-refractivity contribution in [1.29, 1.82) is 0 Å². The molecule has 4 nitrogen and oxygen atoms in total. The van der Waals surface area contributed by atoms with Crippen LogP contribution in [0.3, 0.4) is 0 Å². The second kappa shape index (κ2) is 6.91. The van der Waals surface area contributed by atoms with Crippen LogP contribution in [0.25, 0.3) is 0 Å². The van der Waals surface area contributed by atoms with Crippen molar-refractivity contribution >= 4 is 45.3 Å². The molecule has 0 saturated heterocycles. The number of thiocarbonyl (C=S) groups is 1. The summed E-state index contributed by atoms with van der Waals surface area (Å²) in [6.07, 6.45) is 3.04. The zero-order valence-corrected chi connectivity index (χ0v) is 15.6. The van der Waals surface area contributed by atoms with Crippen molar-refractivity contribution in [3.05, 3.63) is 45.3 Å². The quantitative estimate of drug-likeness (QED) is 0.626. The highest BCUT2D eigenvalue weighted by Crippen LogP contribution is 2.39. The number of anilines is 2. The van der Waals surface area contributed by atoms with Gasteiger partial charge in [-0.15, -0.1) is 11.3 Å². The van der Waals surface area contributed by atoms with Gasteiger partial charge in [0.2, 0.25) is 0 Å². The van der Waals surface area contributed by atoms with Gasteiger partial charge in [0, 0.05) is 10.6 Å². The Kier molecular flexibility index (Phi) is 4.87. The summed E-state index contributed by atoms with van der Waals surface area (Å²) in [5, 5.41) is 7.64. The summed E-state index contributed by atoms with van der Waals surface area (Å²) in [6, 6.07) is 6.15. The lowest BCUT2D eigenvalue weighted by Crippen LogP contribution is -2.20. The van der Waals surface area contributed by atoms with Crippen molar-refractivity contribution in [2.24, 2.45) is 0 Å². The van der Waals surface area contributed by atoms with Crippen molar-refractivity contribution in [2.45, 2.75) is 33.1 Å². The van der Waals surface area contributed by atoms with Gasteiger partial charge in [0.05, 0.1) is 12.7 Å². The number of nitrogens with one attached hydrogen (secondary N) is 2. The Morgan fingerprint density at radius 2 is 2.04 bits per heavy atom. The maximum atomic E-state index is 12.2. The summed E-state index contributed by atoms with van der Waals surface area (Å²) in [5.41, 5.74) is 5.05. The van der Waals surface area contributed by atoms with Crippen LogP contribution in [0.15, 0.2) is 18.2 Å². The van der Waals surface area contributed by atoms with Gasteiger partial charge in [-0.2, -0.15) is 0 Å². The SMILES string of the molecule is COC(=O)c1c(NC(=S)Nc2ccc(C)cc2C)sc2c1CCC2. The van der Waals surface area contributed by atoms with Gasteiger partial charge >= 0.3 is 5.97 Å². The van der Waals surface area contributed by atoms with E-state index in [1.54, 1.807) is 11.3 Å². The van der Waals surface area contributed by atoms with Gasteiger partial charge < -0.3 is 15.4 Å². The van der Waals surface area contributed by atoms with Gasteiger partial charge in [-0.1, -0.05) is 17.7 Å². The van der Waals surface area contributed by atoms with Crippen molar-refractivity contribution in [3.8, 4) is 0 Å². The lowest BCUT2D eigenvalue weighted by atomic mass is 10.1. The van der Waals surface area contributed by atoms with E-state index in [0.29, 0.717) is 10.7 Å². The number of rotatable bonds is 3. The van der Waals surface area contributed by atoms with Crippen molar-refractivity contribution in [2.75, 3.05) is 17.7 Å². The highest BCUT2D eigenvalue weighted by Gasteiger charge is 2.27. The Morgan fingerprint density at radius 3 is 2.75 bits per heavy atom. The standard InChI is InChI=1S/C18H20N2O2S2/c1-10-7-8-13(11(2)9-10)19-18(23)20-16-15(17(21)22-3)12-5-4-6-14(12)24-16/h7-9H,4-6H2,1-3H3,(H2,19,20,23). The number of ether oxygens (including phenoxy) is 1. The van der Waals surface area contributed by atoms with Crippen LogP contribution in [-0.4, -0.2) is 18.2 Å². The molecule has 2 N–H and O–H groups in total. The molecule has 0 saturated carbocycles. The second-order valence-corrected chi connectivity index (χ2v) is 7.46. The molecule has 0 bridgehead atoms.